The van der Waals surface area contributed by atoms with Crippen LogP contribution in [0.2, 0.25) is 0 Å². The molecule has 14 heteroatoms. The number of hydrogen-bond donors (Lipinski definition) is 9. The number of carbonyl (C=O) groups is 1. The Labute approximate surface area is 457 Å². The van der Waals surface area contributed by atoms with Crippen molar-refractivity contribution in [3.63, 3.8) is 0 Å². The van der Waals surface area contributed by atoms with Crippen molar-refractivity contribution in [3.05, 3.63) is 122 Å². The summed E-state index contributed by atoms with van der Waals surface area (Å²) in [7, 11) is 0. The predicted molar refractivity (Wildman–Crippen MR) is 304 cm³/mol. The van der Waals surface area contributed by atoms with Crippen LogP contribution in [-0.2, 0) is 23.7 Å². The van der Waals surface area contributed by atoms with Crippen LogP contribution in [0.25, 0.3) is 0 Å². The molecule has 2 rings (SSSR count). The van der Waals surface area contributed by atoms with Gasteiger partial charge >= 0.3 is 0 Å². The minimum absolute atomic E-state index is 0.259. The monoisotopic (exact) mass is 1070 g/mol. The molecule has 0 aromatic heterocycles. The van der Waals surface area contributed by atoms with E-state index in [9.17, 15) is 45.6 Å². The van der Waals surface area contributed by atoms with E-state index in [1.165, 1.54) is 38.5 Å². The molecule has 2 aliphatic heterocycles. The van der Waals surface area contributed by atoms with Crippen molar-refractivity contribution in [2.75, 3.05) is 19.8 Å². The molecule has 2 aliphatic rings. The summed E-state index contributed by atoms with van der Waals surface area (Å²) >= 11 is 0. The third-order valence-corrected chi connectivity index (χ3v) is 13.1. The van der Waals surface area contributed by atoms with Gasteiger partial charge in [-0.2, -0.15) is 0 Å². The van der Waals surface area contributed by atoms with Gasteiger partial charge in [0, 0.05) is 6.42 Å². The van der Waals surface area contributed by atoms with Crippen molar-refractivity contribution in [2.24, 2.45) is 0 Å². The molecule has 2 fully saturated rings. The van der Waals surface area contributed by atoms with E-state index in [0.717, 1.165) is 96.3 Å². The van der Waals surface area contributed by atoms with E-state index in [0.29, 0.717) is 12.8 Å². The number of allylic oxidation sites excluding steroid dienone is 19. The predicted octanol–water partition coefficient (Wildman–Crippen LogP) is 9.44. The molecule has 76 heavy (non-hydrogen) atoms. The molecule has 0 bridgehead atoms. The molecule has 0 spiro atoms. The molecule has 2 saturated heterocycles. The fraction of sp³-hybridized carbons (Fsp3) is 0.661. The van der Waals surface area contributed by atoms with Gasteiger partial charge in [0.05, 0.1) is 32.0 Å². The summed E-state index contributed by atoms with van der Waals surface area (Å²) < 4.78 is 22.6. The lowest BCUT2D eigenvalue weighted by Gasteiger charge is -2.46. The van der Waals surface area contributed by atoms with Gasteiger partial charge in [-0.3, -0.25) is 4.79 Å². The van der Waals surface area contributed by atoms with Crippen LogP contribution in [0.3, 0.4) is 0 Å². The lowest BCUT2D eigenvalue weighted by Crippen LogP contribution is -2.65. The number of nitrogens with one attached hydrogen (secondary N) is 1. The van der Waals surface area contributed by atoms with E-state index in [1.807, 2.05) is 6.08 Å². The average molecular weight is 1070 g/mol. The lowest BCUT2D eigenvalue weighted by molar-refractivity contribution is -0.359. The molecule has 0 radical (unpaired) electrons. The number of aliphatic hydroxyl groups is 8. The normalized spacial score (nSPS) is 25.8. The summed E-state index contributed by atoms with van der Waals surface area (Å²) in [6.45, 7) is 2.51. The van der Waals surface area contributed by atoms with E-state index in [-0.39, 0.29) is 18.9 Å². The van der Waals surface area contributed by atoms with E-state index in [4.69, 9.17) is 18.9 Å². The molecular formula is C62H101NO13. The molecule has 12 unspecified atom stereocenters. The molecule has 2 heterocycles. The van der Waals surface area contributed by atoms with Crippen molar-refractivity contribution < 1.29 is 64.6 Å². The Morgan fingerprint density at radius 2 is 0.921 bits per heavy atom. The van der Waals surface area contributed by atoms with Crippen molar-refractivity contribution in [1.29, 1.82) is 0 Å². The first-order chi connectivity index (χ1) is 37.1. The summed E-state index contributed by atoms with van der Waals surface area (Å²) in [5.74, 6) is -0.266. The molecule has 12 atom stereocenters. The third-order valence-electron chi connectivity index (χ3n) is 13.1. The highest BCUT2D eigenvalue weighted by Gasteiger charge is 2.51. The van der Waals surface area contributed by atoms with Crippen LogP contribution < -0.4 is 5.32 Å². The average Bonchev–Trinajstić information content (AvgIpc) is 3.42. The second-order valence-electron chi connectivity index (χ2n) is 19.7. The van der Waals surface area contributed by atoms with Gasteiger partial charge in [0.25, 0.3) is 0 Å². The van der Waals surface area contributed by atoms with Gasteiger partial charge in [0.15, 0.2) is 12.6 Å². The maximum absolute atomic E-state index is 13.1. The van der Waals surface area contributed by atoms with Gasteiger partial charge in [0.2, 0.25) is 5.91 Å². The van der Waals surface area contributed by atoms with Gasteiger partial charge < -0.3 is 65.1 Å². The zero-order valence-electron chi connectivity index (χ0n) is 46.2. The summed E-state index contributed by atoms with van der Waals surface area (Å²) in [6, 6.07) is -0.939. The van der Waals surface area contributed by atoms with Crippen LogP contribution in [0.1, 0.15) is 168 Å². The minimum Gasteiger partial charge on any atom is -0.394 e. The fourth-order valence-electron chi connectivity index (χ4n) is 8.50. The Bertz CT molecular complexity index is 1730. The highest BCUT2D eigenvalue weighted by Crippen LogP contribution is 2.30. The van der Waals surface area contributed by atoms with Gasteiger partial charge in [-0.25, -0.2) is 0 Å². The maximum Gasteiger partial charge on any atom is 0.220 e. The van der Waals surface area contributed by atoms with Gasteiger partial charge in [-0.05, 0) is 89.9 Å². The Morgan fingerprint density at radius 3 is 1.43 bits per heavy atom. The zero-order chi connectivity index (χ0) is 55.3. The molecular weight excluding hydrogens is 967 g/mol. The van der Waals surface area contributed by atoms with E-state index < -0.39 is 86.8 Å². The first-order valence-corrected chi connectivity index (χ1v) is 28.8. The van der Waals surface area contributed by atoms with Crippen LogP contribution in [0, 0.1) is 0 Å². The number of carbonyl (C=O) groups excluding carboxylic acids is 1. The van der Waals surface area contributed by atoms with Crippen molar-refractivity contribution >= 4 is 5.91 Å². The number of ether oxygens (including phenoxy) is 4. The zero-order valence-corrected chi connectivity index (χ0v) is 46.2. The summed E-state index contributed by atoms with van der Waals surface area (Å²) in [5.41, 5.74) is 0. The van der Waals surface area contributed by atoms with Gasteiger partial charge in [-0.1, -0.05) is 193 Å². The number of amides is 1. The summed E-state index contributed by atoms with van der Waals surface area (Å²) in [6.07, 6.45) is 50.1. The Morgan fingerprint density at radius 1 is 0.487 bits per heavy atom. The molecule has 432 valence electrons. The van der Waals surface area contributed by atoms with Crippen LogP contribution in [-0.4, -0.2) is 140 Å². The molecule has 0 aliphatic carbocycles. The topological polar surface area (TPSA) is 228 Å². The number of aliphatic hydroxyl groups excluding tert-OH is 8. The highest BCUT2D eigenvalue weighted by molar-refractivity contribution is 5.76. The highest BCUT2D eigenvalue weighted by atomic mass is 16.7. The lowest BCUT2D eigenvalue weighted by atomic mass is 9.97. The van der Waals surface area contributed by atoms with E-state index in [1.54, 1.807) is 6.08 Å². The first kappa shape index (κ1) is 68.5. The van der Waals surface area contributed by atoms with Crippen molar-refractivity contribution in [2.45, 2.75) is 242 Å². The van der Waals surface area contributed by atoms with Crippen LogP contribution in [0.5, 0.6) is 0 Å². The van der Waals surface area contributed by atoms with E-state index in [2.05, 4.69) is 129 Å². The molecule has 14 nitrogen and oxygen atoms in total. The molecule has 1 amide bonds. The van der Waals surface area contributed by atoms with Gasteiger partial charge in [0.1, 0.15) is 48.8 Å². The fourth-order valence-corrected chi connectivity index (χ4v) is 8.50. The maximum atomic E-state index is 13.1. The Kier molecular flexibility index (Phi) is 41.7. The number of hydrogen-bond acceptors (Lipinski definition) is 13. The SMILES string of the molecule is CC/C=C\C/C=C\C/C=C\C/C=C\C/C=C\C/C=C\C/C=C\C/C=C\CCCCCCCCCCCCC(=O)NC(COC1OC(CO)C(OC2OC(CO)C(O)C(O)C2O)C(O)C1O)C(O)/C=C/CC/C=C/CCC. The standard InChI is InChI=1S/C62H101NO13/c1-3-5-7-9-11-12-13-14-15-16-17-18-19-20-21-22-23-24-25-26-27-28-29-30-31-32-33-34-35-36-37-38-40-42-44-46-54(67)63-50(51(66)45-43-41-39-10-8-6-4-2)49-73-61-59(72)57(70)60(53(48-65)75-61)76-62-58(71)56(69)55(68)52(47-64)74-62/h5,7-8,10-12,14-15,17-18,20-21,23-24,26-27,29-30,43,45,50-53,55-62,64-66,68-72H,3-4,6,9,13,16,19,22,25,28,31-42,44,46-49H2,1-2H3,(H,63,67)/b7-5-,10-8+,12-11-,15-14-,18-17-,21-20-,24-23-,27-26-,30-29-,45-43+. The summed E-state index contributed by atoms with van der Waals surface area (Å²) in [5, 5.41) is 86.5. The minimum atomic E-state index is -1.79. The first-order valence-electron chi connectivity index (χ1n) is 28.8. The molecule has 0 aromatic carbocycles. The van der Waals surface area contributed by atoms with Crippen LogP contribution in [0.4, 0.5) is 0 Å². The second-order valence-corrected chi connectivity index (χ2v) is 19.7. The van der Waals surface area contributed by atoms with Crippen LogP contribution >= 0.6 is 0 Å². The largest absolute Gasteiger partial charge is 0.394 e. The number of rotatable bonds is 43. The second kappa shape index (κ2) is 46.3. The quantitative estimate of drug-likeness (QED) is 0.0205. The third kappa shape index (κ3) is 31.7. The molecule has 0 aromatic rings. The smallest absolute Gasteiger partial charge is 0.220 e. The van der Waals surface area contributed by atoms with Crippen molar-refractivity contribution in [3.8, 4) is 0 Å². The van der Waals surface area contributed by atoms with Crippen LogP contribution in [0.15, 0.2) is 122 Å². The molecule has 0 saturated carbocycles. The van der Waals surface area contributed by atoms with Gasteiger partial charge in [-0.15, -0.1) is 0 Å². The molecule has 9 N–H and O–H groups in total. The number of unbranched alkanes of at least 4 members (excludes halogenated alkanes) is 12. The van der Waals surface area contributed by atoms with E-state index >= 15 is 0 Å². The Balaban J connectivity index is 1.61. The Hall–Kier alpha value is -3.61. The van der Waals surface area contributed by atoms with Crippen molar-refractivity contribution in [1.82, 2.24) is 5.32 Å². The summed E-state index contributed by atoms with van der Waals surface area (Å²) in [4.78, 5) is 13.1.